The quantitative estimate of drug-likeness (QED) is 0.912. The van der Waals surface area contributed by atoms with Gasteiger partial charge in [0.2, 0.25) is 6.79 Å². The van der Waals surface area contributed by atoms with E-state index in [2.05, 4.69) is 0 Å². The number of ether oxygens (including phenoxy) is 2. The summed E-state index contributed by atoms with van der Waals surface area (Å²) in [5.41, 5.74) is -0.107. The maximum Gasteiger partial charge on any atom is 0.406 e. The number of carbonyl (C=O) groups is 2. The Labute approximate surface area is 116 Å². The lowest BCUT2D eigenvalue weighted by molar-refractivity contribution is -0.149. The van der Waals surface area contributed by atoms with Gasteiger partial charge in [0.1, 0.15) is 13.1 Å². The summed E-state index contributed by atoms with van der Waals surface area (Å²) in [6, 6.07) is 3.85. The molecule has 21 heavy (non-hydrogen) atoms. The molecule has 0 radical (unpaired) electrons. The smallest absolute Gasteiger partial charge is 0.406 e. The standard InChI is InChI=1S/C12H10F3NO5/c13-12(14,15)5-16(4-10(17)18)11(19)7-1-2-8-9(3-7)21-6-20-8/h1-3H,4-6H2,(H,17,18). The zero-order chi connectivity index (χ0) is 15.6. The van der Waals surface area contributed by atoms with Crippen molar-refractivity contribution < 1.29 is 37.3 Å². The summed E-state index contributed by atoms with van der Waals surface area (Å²) in [4.78, 5) is 22.8. The fourth-order valence-corrected chi connectivity index (χ4v) is 1.79. The van der Waals surface area contributed by atoms with E-state index in [0.29, 0.717) is 5.75 Å². The van der Waals surface area contributed by atoms with E-state index in [4.69, 9.17) is 14.6 Å². The highest BCUT2D eigenvalue weighted by molar-refractivity contribution is 5.96. The van der Waals surface area contributed by atoms with Crippen LogP contribution >= 0.6 is 0 Å². The third-order valence-corrected chi connectivity index (χ3v) is 2.60. The van der Waals surface area contributed by atoms with E-state index in [9.17, 15) is 22.8 Å². The first-order valence-electron chi connectivity index (χ1n) is 5.74. The van der Waals surface area contributed by atoms with Gasteiger partial charge in [-0.3, -0.25) is 9.59 Å². The number of hydrogen-bond acceptors (Lipinski definition) is 4. The van der Waals surface area contributed by atoms with Crippen LogP contribution in [0.5, 0.6) is 11.5 Å². The number of carbonyl (C=O) groups excluding carboxylic acids is 1. The number of alkyl halides is 3. The van der Waals surface area contributed by atoms with Gasteiger partial charge < -0.3 is 19.5 Å². The molecule has 1 aromatic rings. The Balaban J connectivity index is 2.22. The maximum absolute atomic E-state index is 12.4. The van der Waals surface area contributed by atoms with E-state index >= 15 is 0 Å². The number of carboxylic acid groups (broad SMARTS) is 1. The summed E-state index contributed by atoms with van der Waals surface area (Å²) in [6.07, 6.45) is -4.69. The molecule has 0 saturated carbocycles. The van der Waals surface area contributed by atoms with Crippen molar-refractivity contribution in [2.24, 2.45) is 0 Å². The second kappa shape index (κ2) is 5.51. The number of fused-ring (bicyclic) bond motifs is 1. The summed E-state index contributed by atoms with van der Waals surface area (Å²) >= 11 is 0. The first kappa shape index (κ1) is 14.9. The van der Waals surface area contributed by atoms with Crippen LogP contribution in [0.1, 0.15) is 10.4 Å². The van der Waals surface area contributed by atoms with Gasteiger partial charge in [0.25, 0.3) is 5.91 Å². The topological polar surface area (TPSA) is 76.1 Å². The Morgan fingerprint density at radius 3 is 2.52 bits per heavy atom. The number of halogens is 3. The van der Waals surface area contributed by atoms with E-state index in [1.807, 2.05) is 0 Å². The van der Waals surface area contributed by atoms with Crippen LogP contribution in [0.25, 0.3) is 0 Å². The number of amides is 1. The van der Waals surface area contributed by atoms with Gasteiger partial charge in [-0.2, -0.15) is 13.2 Å². The highest BCUT2D eigenvalue weighted by atomic mass is 19.4. The molecule has 1 heterocycles. The van der Waals surface area contributed by atoms with Crippen LogP contribution in [0.15, 0.2) is 18.2 Å². The van der Waals surface area contributed by atoms with E-state index in [-0.39, 0.29) is 23.0 Å². The van der Waals surface area contributed by atoms with Gasteiger partial charge >= 0.3 is 12.1 Å². The van der Waals surface area contributed by atoms with E-state index < -0.39 is 31.1 Å². The van der Waals surface area contributed by atoms with E-state index in [1.54, 1.807) is 0 Å². The largest absolute Gasteiger partial charge is 0.480 e. The van der Waals surface area contributed by atoms with Gasteiger partial charge in [-0.15, -0.1) is 0 Å². The molecular weight excluding hydrogens is 295 g/mol. The van der Waals surface area contributed by atoms with Gasteiger partial charge in [0.05, 0.1) is 0 Å². The Morgan fingerprint density at radius 1 is 1.24 bits per heavy atom. The van der Waals surface area contributed by atoms with Crippen LogP contribution in [-0.4, -0.2) is 47.9 Å². The Hall–Kier alpha value is -2.45. The van der Waals surface area contributed by atoms with Crippen molar-refractivity contribution in [1.29, 1.82) is 0 Å². The van der Waals surface area contributed by atoms with Crippen molar-refractivity contribution in [1.82, 2.24) is 4.90 Å². The van der Waals surface area contributed by atoms with Crippen molar-refractivity contribution in [3.63, 3.8) is 0 Å². The molecule has 0 spiro atoms. The van der Waals surface area contributed by atoms with E-state index in [0.717, 1.165) is 0 Å². The number of nitrogens with zero attached hydrogens (tertiary/aromatic N) is 1. The SMILES string of the molecule is O=C(O)CN(CC(F)(F)F)C(=O)c1ccc2c(c1)OCO2. The fourth-order valence-electron chi connectivity index (χ4n) is 1.79. The summed E-state index contributed by atoms with van der Waals surface area (Å²) in [7, 11) is 0. The highest BCUT2D eigenvalue weighted by Crippen LogP contribution is 2.33. The van der Waals surface area contributed by atoms with Crippen molar-refractivity contribution in [2.75, 3.05) is 19.9 Å². The number of aliphatic carboxylic acids is 1. The molecule has 0 aliphatic carbocycles. The van der Waals surface area contributed by atoms with Crippen LogP contribution < -0.4 is 9.47 Å². The van der Waals surface area contributed by atoms with Gasteiger partial charge in [0.15, 0.2) is 11.5 Å². The summed E-state index contributed by atoms with van der Waals surface area (Å²) < 4.78 is 47.3. The molecular formula is C12H10F3NO5. The maximum atomic E-state index is 12.4. The predicted molar refractivity (Wildman–Crippen MR) is 62.2 cm³/mol. The minimum absolute atomic E-state index is 0.0473. The summed E-state index contributed by atoms with van der Waals surface area (Å²) in [6.45, 7) is -2.74. The summed E-state index contributed by atoms with van der Waals surface area (Å²) in [5.74, 6) is -1.99. The Kier molecular flexibility index (Phi) is 3.92. The van der Waals surface area contributed by atoms with Gasteiger partial charge in [-0.25, -0.2) is 0 Å². The Morgan fingerprint density at radius 2 is 1.90 bits per heavy atom. The number of benzene rings is 1. The van der Waals surface area contributed by atoms with Crippen LogP contribution in [-0.2, 0) is 4.79 Å². The van der Waals surface area contributed by atoms with Crippen molar-refractivity contribution >= 4 is 11.9 Å². The zero-order valence-electron chi connectivity index (χ0n) is 10.5. The zero-order valence-corrected chi connectivity index (χ0v) is 10.5. The molecule has 9 heteroatoms. The van der Waals surface area contributed by atoms with Crippen molar-refractivity contribution in [2.45, 2.75) is 6.18 Å². The normalized spacial score (nSPS) is 13.1. The predicted octanol–water partition coefficient (Wildman–Crippen LogP) is 1.50. The fraction of sp³-hybridized carbons (Fsp3) is 0.333. The molecule has 0 aromatic heterocycles. The van der Waals surface area contributed by atoms with Crippen LogP contribution in [0.2, 0.25) is 0 Å². The molecule has 114 valence electrons. The minimum atomic E-state index is -4.69. The molecule has 1 amide bonds. The third kappa shape index (κ3) is 3.77. The average molecular weight is 305 g/mol. The second-order valence-electron chi connectivity index (χ2n) is 4.24. The molecule has 0 atom stereocenters. The Bertz CT molecular complexity index is 573. The lowest BCUT2D eigenvalue weighted by Crippen LogP contribution is -2.42. The number of hydrogen-bond donors (Lipinski definition) is 1. The molecule has 2 rings (SSSR count). The molecule has 1 aliphatic rings. The van der Waals surface area contributed by atoms with Crippen molar-refractivity contribution in [3.8, 4) is 11.5 Å². The lowest BCUT2D eigenvalue weighted by Gasteiger charge is -2.22. The number of carboxylic acids is 1. The highest BCUT2D eigenvalue weighted by Gasteiger charge is 2.34. The molecule has 1 N–H and O–H groups in total. The molecule has 0 fully saturated rings. The molecule has 1 aromatic carbocycles. The van der Waals surface area contributed by atoms with Crippen LogP contribution in [0.3, 0.4) is 0 Å². The van der Waals surface area contributed by atoms with Crippen LogP contribution in [0, 0.1) is 0 Å². The van der Waals surface area contributed by atoms with Gasteiger partial charge in [-0.05, 0) is 18.2 Å². The summed E-state index contributed by atoms with van der Waals surface area (Å²) in [5, 5.41) is 8.63. The first-order valence-corrected chi connectivity index (χ1v) is 5.74. The van der Waals surface area contributed by atoms with E-state index in [1.165, 1.54) is 18.2 Å². The molecule has 0 saturated heterocycles. The molecule has 0 bridgehead atoms. The average Bonchev–Trinajstić information content (AvgIpc) is 2.81. The molecule has 6 nitrogen and oxygen atoms in total. The lowest BCUT2D eigenvalue weighted by atomic mass is 10.1. The van der Waals surface area contributed by atoms with Crippen molar-refractivity contribution in [3.05, 3.63) is 23.8 Å². The third-order valence-electron chi connectivity index (χ3n) is 2.60. The van der Waals surface area contributed by atoms with Gasteiger partial charge in [0, 0.05) is 5.56 Å². The first-order chi connectivity index (χ1) is 9.76. The number of rotatable bonds is 4. The molecule has 1 aliphatic heterocycles. The van der Waals surface area contributed by atoms with Gasteiger partial charge in [-0.1, -0.05) is 0 Å². The minimum Gasteiger partial charge on any atom is -0.480 e. The second-order valence-corrected chi connectivity index (χ2v) is 4.24. The monoisotopic (exact) mass is 305 g/mol. The molecule has 0 unspecified atom stereocenters. The van der Waals surface area contributed by atoms with Crippen LogP contribution in [0.4, 0.5) is 13.2 Å².